The van der Waals surface area contributed by atoms with Crippen LogP contribution in [0.1, 0.15) is 26.2 Å². The summed E-state index contributed by atoms with van der Waals surface area (Å²) < 4.78 is 23.2. The van der Waals surface area contributed by atoms with Crippen LogP contribution in [0.15, 0.2) is 0 Å². The van der Waals surface area contributed by atoms with Crippen molar-refractivity contribution in [2.45, 2.75) is 32.2 Å². The number of hydrogen-bond donors (Lipinski definition) is 2. The molecule has 0 radical (unpaired) electrons. The van der Waals surface area contributed by atoms with E-state index in [9.17, 15) is 18.3 Å². The fourth-order valence-corrected chi connectivity index (χ4v) is 4.90. The van der Waals surface area contributed by atoms with E-state index in [0.29, 0.717) is 13.0 Å². The normalized spacial score (nSPS) is 33.0. The van der Waals surface area contributed by atoms with Crippen molar-refractivity contribution in [1.82, 2.24) is 10.2 Å². The Morgan fingerprint density at radius 1 is 1.50 bits per heavy atom. The molecule has 0 spiro atoms. The van der Waals surface area contributed by atoms with Gasteiger partial charge in [-0.15, -0.1) is 0 Å². The molecular weight excluding hydrogens is 280 g/mol. The molecule has 2 aliphatic rings. The molecule has 116 valence electrons. The van der Waals surface area contributed by atoms with Gasteiger partial charge in [0.25, 0.3) is 0 Å². The zero-order chi connectivity index (χ0) is 14.8. The summed E-state index contributed by atoms with van der Waals surface area (Å²) in [5.41, 5.74) is -0.486. The van der Waals surface area contributed by atoms with E-state index in [1.54, 1.807) is 4.90 Å². The van der Waals surface area contributed by atoms with Gasteiger partial charge in [0.05, 0.1) is 23.5 Å². The van der Waals surface area contributed by atoms with Crippen LogP contribution in [0, 0.1) is 5.41 Å². The molecule has 0 aromatic rings. The lowest BCUT2D eigenvalue weighted by atomic mass is 9.81. The summed E-state index contributed by atoms with van der Waals surface area (Å²) in [7, 11) is -3.03. The number of sulfone groups is 1. The van der Waals surface area contributed by atoms with E-state index in [1.165, 1.54) is 0 Å². The molecule has 2 saturated heterocycles. The zero-order valence-corrected chi connectivity index (χ0v) is 12.8. The molecule has 1 amide bonds. The van der Waals surface area contributed by atoms with Gasteiger partial charge < -0.3 is 15.3 Å². The van der Waals surface area contributed by atoms with E-state index in [0.717, 1.165) is 19.4 Å². The van der Waals surface area contributed by atoms with E-state index >= 15 is 0 Å². The summed E-state index contributed by atoms with van der Waals surface area (Å²) in [5, 5.41) is 12.4. The summed E-state index contributed by atoms with van der Waals surface area (Å²) >= 11 is 0. The Bertz CT molecular complexity index is 457. The second kappa shape index (κ2) is 5.99. The van der Waals surface area contributed by atoms with Gasteiger partial charge in [-0.1, -0.05) is 0 Å². The van der Waals surface area contributed by atoms with E-state index in [1.807, 2.05) is 6.92 Å². The van der Waals surface area contributed by atoms with Crippen LogP contribution >= 0.6 is 0 Å². The van der Waals surface area contributed by atoms with Crippen molar-refractivity contribution in [2.75, 3.05) is 37.7 Å². The van der Waals surface area contributed by atoms with Crippen LogP contribution in [0.5, 0.6) is 0 Å². The maximum absolute atomic E-state index is 12.8. The molecule has 0 bridgehead atoms. The average molecular weight is 304 g/mol. The monoisotopic (exact) mass is 304 g/mol. The zero-order valence-electron chi connectivity index (χ0n) is 12.0. The molecule has 0 aromatic carbocycles. The van der Waals surface area contributed by atoms with Gasteiger partial charge in [0.15, 0.2) is 9.84 Å². The van der Waals surface area contributed by atoms with Crippen molar-refractivity contribution in [2.24, 2.45) is 5.41 Å². The molecule has 2 rings (SSSR count). The Morgan fingerprint density at radius 2 is 2.25 bits per heavy atom. The summed E-state index contributed by atoms with van der Waals surface area (Å²) in [6.45, 7) is 3.55. The Kier molecular flexibility index (Phi) is 4.71. The van der Waals surface area contributed by atoms with Crippen LogP contribution in [0.2, 0.25) is 0 Å². The molecule has 0 aliphatic carbocycles. The third-order valence-electron chi connectivity index (χ3n) is 4.36. The number of hydrogen-bond acceptors (Lipinski definition) is 5. The second-order valence-electron chi connectivity index (χ2n) is 6.12. The first-order chi connectivity index (χ1) is 9.38. The number of rotatable bonds is 4. The molecule has 2 fully saturated rings. The number of aliphatic hydroxyl groups is 1. The molecule has 20 heavy (non-hydrogen) atoms. The highest BCUT2D eigenvalue weighted by Gasteiger charge is 2.42. The third kappa shape index (κ3) is 3.32. The molecule has 0 saturated carbocycles. The Hall–Kier alpha value is -0.660. The number of amides is 1. The van der Waals surface area contributed by atoms with Crippen LogP contribution in [0.4, 0.5) is 0 Å². The Balaban J connectivity index is 2.13. The van der Waals surface area contributed by atoms with Crippen LogP contribution in [0.3, 0.4) is 0 Å². The van der Waals surface area contributed by atoms with Crippen molar-refractivity contribution in [1.29, 1.82) is 0 Å². The second-order valence-corrected chi connectivity index (χ2v) is 8.35. The van der Waals surface area contributed by atoms with Gasteiger partial charge >= 0.3 is 0 Å². The maximum atomic E-state index is 12.8. The number of nitrogens with zero attached hydrogens (tertiary/aromatic N) is 1. The SMILES string of the molecule is CC1(C(=O)N(CCO)C2CCS(=O)(=O)C2)CCCNC1. The number of piperidine rings is 1. The van der Waals surface area contributed by atoms with Crippen LogP contribution in [-0.4, -0.2) is 68.1 Å². The van der Waals surface area contributed by atoms with Crippen molar-refractivity contribution < 1.29 is 18.3 Å². The van der Waals surface area contributed by atoms with Gasteiger partial charge in [-0.3, -0.25) is 4.79 Å². The van der Waals surface area contributed by atoms with Crippen molar-refractivity contribution in [3.8, 4) is 0 Å². The van der Waals surface area contributed by atoms with Gasteiger partial charge in [-0.05, 0) is 32.7 Å². The molecule has 2 aliphatic heterocycles. The number of carbonyl (C=O) groups excluding carboxylic acids is 1. The summed E-state index contributed by atoms with van der Waals surface area (Å²) in [6.07, 6.45) is 2.23. The minimum absolute atomic E-state index is 0.0270. The van der Waals surface area contributed by atoms with Gasteiger partial charge in [0.2, 0.25) is 5.91 Å². The molecule has 2 N–H and O–H groups in total. The van der Waals surface area contributed by atoms with Crippen LogP contribution in [-0.2, 0) is 14.6 Å². The summed E-state index contributed by atoms with van der Waals surface area (Å²) in [5.74, 6) is 0.144. The minimum Gasteiger partial charge on any atom is -0.395 e. The molecule has 2 atom stereocenters. The molecule has 0 aromatic heterocycles. The standard InChI is InChI=1S/C13H24N2O4S/c1-13(4-2-5-14-10-13)12(17)15(6-7-16)11-3-8-20(18,19)9-11/h11,14,16H,2-10H2,1H3. The molecule has 7 heteroatoms. The van der Waals surface area contributed by atoms with Crippen molar-refractivity contribution in [3.05, 3.63) is 0 Å². The van der Waals surface area contributed by atoms with Crippen LogP contribution < -0.4 is 5.32 Å². The predicted molar refractivity (Wildman–Crippen MR) is 76.1 cm³/mol. The Labute approximate surface area is 120 Å². The molecule has 6 nitrogen and oxygen atoms in total. The highest BCUT2D eigenvalue weighted by molar-refractivity contribution is 7.91. The number of nitrogens with one attached hydrogen (secondary N) is 1. The first kappa shape index (κ1) is 15.7. The van der Waals surface area contributed by atoms with Gasteiger partial charge in [-0.2, -0.15) is 0 Å². The maximum Gasteiger partial charge on any atom is 0.230 e. The summed E-state index contributed by atoms with van der Waals surface area (Å²) in [4.78, 5) is 14.4. The smallest absolute Gasteiger partial charge is 0.230 e. The van der Waals surface area contributed by atoms with Crippen molar-refractivity contribution >= 4 is 15.7 Å². The third-order valence-corrected chi connectivity index (χ3v) is 6.11. The lowest BCUT2D eigenvalue weighted by Crippen LogP contribution is -2.54. The fraction of sp³-hybridized carbons (Fsp3) is 0.923. The van der Waals surface area contributed by atoms with Crippen LogP contribution in [0.25, 0.3) is 0 Å². The largest absolute Gasteiger partial charge is 0.395 e. The fourth-order valence-electron chi connectivity index (χ4n) is 3.16. The highest BCUT2D eigenvalue weighted by atomic mass is 32.2. The first-order valence-electron chi connectivity index (χ1n) is 7.21. The van der Waals surface area contributed by atoms with Gasteiger partial charge in [-0.25, -0.2) is 8.42 Å². The first-order valence-corrected chi connectivity index (χ1v) is 9.03. The average Bonchev–Trinajstić information content (AvgIpc) is 2.76. The van der Waals surface area contributed by atoms with E-state index in [4.69, 9.17) is 0 Å². The molecular formula is C13H24N2O4S. The topological polar surface area (TPSA) is 86.7 Å². The van der Waals surface area contributed by atoms with Gasteiger partial charge in [0.1, 0.15) is 0 Å². The minimum atomic E-state index is -3.03. The van der Waals surface area contributed by atoms with E-state index < -0.39 is 15.3 Å². The van der Waals surface area contributed by atoms with E-state index in [2.05, 4.69) is 5.32 Å². The summed E-state index contributed by atoms with van der Waals surface area (Å²) in [6, 6.07) is -0.279. The van der Waals surface area contributed by atoms with Gasteiger partial charge in [0, 0.05) is 19.1 Å². The van der Waals surface area contributed by atoms with E-state index in [-0.39, 0.29) is 36.6 Å². The predicted octanol–water partition coefficient (Wildman–Crippen LogP) is -0.616. The Morgan fingerprint density at radius 3 is 2.75 bits per heavy atom. The molecule has 2 heterocycles. The lowest BCUT2D eigenvalue weighted by Gasteiger charge is -2.39. The van der Waals surface area contributed by atoms with Crippen molar-refractivity contribution in [3.63, 3.8) is 0 Å². The lowest BCUT2D eigenvalue weighted by molar-refractivity contribution is -0.144. The molecule has 2 unspecified atom stereocenters. The highest BCUT2D eigenvalue weighted by Crippen LogP contribution is 2.30. The number of aliphatic hydroxyl groups excluding tert-OH is 1. The number of carbonyl (C=O) groups is 1. The quantitative estimate of drug-likeness (QED) is 0.723.